The topological polar surface area (TPSA) is 84.0 Å². The van der Waals surface area contributed by atoms with E-state index in [1.807, 2.05) is 32.0 Å². The van der Waals surface area contributed by atoms with E-state index in [4.69, 9.17) is 4.74 Å². The number of aryl methyl sites for hydroxylation is 2. The number of carbonyl (C=O) groups excluding carboxylic acids is 4. The number of ether oxygens (including phenoxy) is 1. The van der Waals surface area contributed by atoms with E-state index in [0.717, 1.165) is 23.2 Å². The zero-order valence-corrected chi connectivity index (χ0v) is 20.8. The van der Waals surface area contributed by atoms with Crippen molar-refractivity contribution in [1.82, 2.24) is 0 Å². The average Bonchev–Trinajstić information content (AvgIpc) is 3.56. The Bertz CT molecular complexity index is 1380. The first-order chi connectivity index (χ1) is 17.8. The van der Waals surface area contributed by atoms with Gasteiger partial charge in [0.15, 0.2) is 0 Å². The third-order valence-corrected chi connectivity index (χ3v) is 9.22. The Labute approximate surface area is 215 Å². The summed E-state index contributed by atoms with van der Waals surface area (Å²) in [5.74, 6) is -0.397. The molecule has 2 aliphatic heterocycles. The van der Waals surface area contributed by atoms with Gasteiger partial charge in [-0.1, -0.05) is 24.3 Å². The van der Waals surface area contributed by atoms with Crippen molar-refractivity contribution in [2.24, 2.45) is 41.4 Å². The van der Waals surface area contributed by atoms with E-state index in [9.17, 15) is 19.2 Å². The van der Waals surface area contributed by atoms with Crippen LogP contribution in [0.25, 0.3) is 0 Å². The van der Waals surface area contributed by atoms with E-state index >= 15 is 0 Å². The highest BCUT2D eigenvalue weighted by Crippen LogP contribution is 2.65. The molecule has 2 aromatic rings. The summed E-state index contributed by atoms with van der Waals surface area (Å²) in [5, 5.41) is 0. The van der Waals surface area contributed by atoms with Crippen LogP contribution in [-0.2, 0) is 19.2 Å². The van der Waals surface area contributed by atoms with Crippen LogP contribution in [0.2, 0.25) is 0 Å². The minimum Gasteiger partial charge on any atom is -0.426 e. The van der Waals surface area contributed by atoms with Crippen LogP contribution in [0.15, 0.2) is 54.6 Å². The quantitative estimate of drug-likeness (QED) is 0.278. The number of allylic oxidation sites excluding steroid dienone is 2. The summed E-state index contributed by atoms with van der Waals surface area (Å²) in [5.41, 5.74) is 3.43. The molecule has 0 aromatic heterocycles. The molecule has 37 heavy (non-hydrogen) atoms. The molecule has 7 nitrogen and oxygen atoms in total. The maximum absolute atomic E-state index is 13.4. The molecular formula is C30H28N2O5. The predicted molar refractivity (Wildman–Crippen MR) is 136 cm³/mol. The van der Waals surface area contributed by atoms with Crippen molar-refractivity contribution in [3.05, 3.63) is 65.7 Å². The molecule has 2 saturated heterocycles. The number of benzene rings is 2. The molecule has 0 unspecified atom stereocenters. The van der Waals surface area contributed by atoms with Crippen molar-refractivity contribution in [2.75, 3.05) is 16.3 Å². The SMILES string of the molecule is Cc1ccc(N2C[C@H](C(=O)Oc3cccc(N4C(=O)[C@@H]5[C@H]6C=C[C@@H]([C@@H]7C[C@H]67)[C@H]5C4=O)c3)CC2=O)cc1C. The lowest BCUT2D eigenvalue weighted by Gasteiger charge is -2.37. The fourth-order valence-electron chi connectivity index (χ4n) is 7.11. The fraction of sp³-hybridized carbons (Fsp3) is 0.400. The highest BCUT2D eigenvalue weighted by Gasteiger charge is 2.67. The standard InChI is InChI=1S/C30H28N2O5/c1-15-6-7-18(10-16(15)2)31-14-17(11-25(31)33)30(36)37-20-5-3-4-19(12-20)32-28(34)26-21-8-9-22(24-13-23(21)24)27(26)29(32)35/h3-10,12,17,21-24,26-27H,11,13-14H2,1-2H3/t17-,21+,22+,23-,24+,26-,27-/m1/s1. The minimum absolute atomic E-state index is 0.0794. The van der Waals surface area contributed by atoms with Crippen LogP contribution in [0.1, 0.15) is 24.0 Å². The van der Waals surface area contributed by atoms with Crippen LogP contribution in [0.3, 0.4) is 0 Å². The van der Waals surface area contributed by atoms with Crippen LogP contribution < -0.4 is 14.5 Å². The van der Waals surface area contributed by atoms with Crippen molar-refractivity contribution in [3.8, 4) is 5.75 Å². The first-order valence-electron chi connectivity index (χ1n) is 13.1. The monoisotopic (exact) mass is 496 g/mol. The second kappa shape index (κ2) is 7.88. The van der Waals surface area contributed by atoms with E-state index in [-0.39, 0.29) is 60.1 Å². The molecule has 3 amide bonds. The number of carbonyl (C=O) groups is 4. The summed E-state index contributed by atoms with van der Waals surface area (Å²) >= 11 is 0. The lowest BCUT2D eigenvalue weighted by atomic mass is 9.63. The van der Waals surface area contributed by atoms with Gasteiger partial charge in [-0.3, -0.25) is 19.2 Å². The van der Waals surface area contributed by atoms with Gasteiger partial charge in [0.2, 0.25) is 17.7 Å². The zero-order chi connectivity index (χ0) is 25.6. The molecule has 7 heteroatoms. The maximum Gasteiger partial charge on any atom is 0.316 e. The van der Waals surface area contributed by atoms with Crippen LogP contribution in [-0.4, -0.2) is 30.2 Å². The third kappa shape index (κ3) is 3.32. The molecule has 2 aromatic carbocycles. The highest BCUT2D eigenvalue weighted by molar-refractivity contribution is 6.22. The number of rotatable bonds is 4. The fourth-order valence-corrected chi connectivity index (χ4v) is 7.11. The number of hydrogen-bond donors (Lipinski definition) is 0. The van der Waals surface area contributed by atoms with E-state index in [1.54, 1.807) is 29.2 Å². The van der Waals surface area contributed by atoms with Gasteiger partial charge in [0.05, 0.1) is 23.4 Å². The molecule has 8 rings (SSSR count). The molecule has 188 valence electrons. The van der Waals surface area contributed by atoms with Gasteiger partial charge in [0.25, 0.3) is 0 Å². The second-order valence-corrected chi connectivity index (χ2v) is 11.3. The Morgan fingerprint density at radius 2 is 1.57 bits per heavy atom. The summed E-state index contributed by atoms with van der Waals surface area (Å²) in [6, 6.07) is 12.4. The van der Waals surface area contributed by atoms with Gasteiger partial charge < -0.3 is 9.64 Å². The number of imide groups is 1. The Hall–Kier alpha value is -3.74. The third-order valence-electron chi connectivity index (χ3n) is 9.22. The van der Waals surface area contributed by atoms with Crippen molar-refractivity contribution < 1.29 is 23.9 Å². The first kappa shape index (κ1) is 22.5. The first-order valence-corrected chi connectivity index (χ1v) is 13.1. The Morgan fingerprint density at radius 1 is 0.865 bits per heavy atom. The van der Waals surface area contributed by atoms with Gasteiger partial charge in [0, 0.05) is 24.7 Å². The molecule has 2 heterocycles. The predicted octanol–water partition coefficient (Wildman–Crippen LogP) is 3.82. The molecule has 4 fully saturated rings. The average molecular weight is 497 g/mol. The largest absolute Gasteiger partial charge is 0.426 e. The summed E-state index contributed by atoms with van der Waals surface area (Å²) in [6.45, 7) is 4.26. The van der Waals surface area contributed by atoms with Crippen molar-refractivity contribution in [3.63, 3.8) is 0 Å². The van der Waals surface area contributed by atoms with Gasteiger partial charge in [-0.15, -0.1) is 0 Å². The molecule has 2 bridgehead atoms. The van der Waals surface area contributed by atoms with E-state index in [2.05, 4.69) is 12.2 Å². The van der Waals surface area contributed by atoms with Crippen molar-refractivity contribution >= 4 is 35.1 Å². The number of nitrogens with zero attached hydrogens (tertiary/aromatic N) is 2. The molecule has 6 aliphatic rings. The Kier molecular flexibility index (Phi) is 4.78. The minimum atomic E-state index is -0.593. The highest BCUT2D eigenvalue weighted by atomic mass is 16.5. The molecule has 7 atom stereocenters. The van der Waals surface area contributed by atoms with Crippen LogP contribution in [0, 0.1) is 55.3 Å². The van der Waals surface area contributed by atoms with Crippen molar-refractivity contribution in [1.29, 1.82) is 0 Å². The lowest BCUT2D eigenvalue weighted by molar-refractivity contribution is -0.139. The molecule has 4 aliphatic carbocycles. The van der Waals surface area contributed by atoms with Crippen LogP contribution in [0.5, 0.6) is 5.75 Å². The molecule has 2 saturated carbocycles. The van der Waals surface area contributed by atoms with E-state index in [1.165, 1.54) is 4.90 Å². The Morgan fingerprint density at radius 3 is 2.24 bits per heavy atom. The Balaban J connectivity index is 1.07. The normalized spacial score (nSPS) is 33.1. The van der Waals surface area contributed by atoms with Gasteiger partial charge in [0.1, 0.15) is 5.75 Å². The second-order valence-electron chi connectivity index (χ2n) is 11.3. The van der Waals surface area contributed by atoms with Gasteiger partial charge in [-0.05, 0) is 79.3 Å². The lowest BCUT2D eigenvalue weighted by Crippen LogP contribution is -2.40. The van der Waals surface area contributed by atoms with Gasteiger partial charge in [-0.2, -0.15) is 0 Å². The number of esters is 1. The number of amides is 3. The smallest absolute Gasteiger partial charge is 0.316 e. The van der Waals surface area contributed by atoms with E-state index < -0.39 is 11.9 Å². The van der Waals surface area contributed by atoms with Crippen molar-refractivity contribution in [2.45, 2.75) is 26.7 Å². The molecule has 0 spiro atoms. The number of hydrogen-bond acceptors (Lipinski definition) is 5. The van der Waals surface area contributed by atoms with Crippen LogP contribution >= 0.6 is 0 Å². The summed E-state index contributed by atoms with van der Waals surface area (Å²) in [6.07, 6.45) is 5.50. The van der Waals surface area contributed by atoms with Gasteiger partial charge in [-0.25, -0.2) is 4.90 Å². The van der Waals surface area contributed by atoms with E-state index in [0.29, 0.717) is 17.5 Å². The number of anilines is 2. The zero-order valence-electron chi connectivity index (χ0n) is 20.8. The van der Waals surface area contributed by atoms with Crippen LogP contribution in [0.4, 0.5) is 11.4 Å². The molecule has 0 radical (unpaired) electrons. The maximum atomic E-state index is 13.4. The summed E-state index contributed by atoms with van der Waals surface area (Å²) in [7, 11) is 0. The summed E-state index contributed by atoms with van der Waals surface area (Å²) in [4.78, 5) is 55.4. The summed E-state index contributed by atoms with van der Waals surface area (Å²) < 4.78 is 5.66. The molecule has 0 N–H and O–H groups in total. The van der Waals surface area contributed by atoms with Gasteiger partial charge >= 0.3 is 5.97 Å². The molecular weight excluding hydrogens is 468 g/mol.